The van der Waals surface area contributed by atoms with Crippen LogP contribution in [0.3, 0.4) is 0 Å². The lowest BCUT2D eigenvalue weighted by Gasteiger charge is -2.07. The van der Waals surface area contributed by atoms with Crippen molar-refractivity contribution < 1.29 is 4.79 Å². The van der Waals surface area contributed by atoms with Crippen LogP contribution in [0.2, 0.25) is 5.02 Å². The van der Waals surface area contributed by atoms with Crippen molar-refractivity contribution in [2.45, 2.75) is 6.54 Å². The van der Waals surface area contributed by atoms with Gasteiger partial charge in [-0.05, 0) is 29.8 Å². The number of halogens is 1. The summed E-state index contributed by atoms with van der Waals surface area (Å²) in [7, 11) is 0. The molecule has 18 heavy (non-hydrogen) atoms. The third kappa shape index (κ3) is 2.60. The summed E-state index contributed by atoms with van der Waals surface area (Å²) in [5, 5.41) is 0.603. The molecule has 0 spiro atoms. The van der Waals surface area contributed by atoms with Crippen LogP contribution in [0.5, 0.6) is 0 Å². The first kappa shape index (κ1) is 12.4. The SMILES string of the molecule is NC(=O)c1cccn(Cc2cccc(Cl)c2)c1=O. The van der Waals surface area contributed by atoms with Crippen molar-refractivity contribution in [3.63, 3.8) is 0 Å². The van der Waals surface area contributed by atoms with Crippen LogP contribution in [0.4, 0.5) is 0 Å². The van der Waals surface area contributed by atoms with Gasteiger partial charge in [-0.2, -0.15) is 0 Å². The van der Waals surface area contributed by atoms with E-state index in [0.717, 1.165) is 5.56 Å². The highest BCUT2D eigenvalue weighted by molar-refractivity contribution is 6.30. The van der Waals surface area contributed by atoms with Crippen LogP contribution >= 0.6 is 11.6 Å². The summed E-state index contributed by atoms with van der Waals surface area (Å²) in [4.78, 5) is 23.0. The summed E-state index contributed by atoms with van der Waals surface area (Å²) in [5.41, 5.74) is 5.60. The fourth-order valence-electron chi connectivity index (χ4n) is 1.68. The maximum absolute atomic E-state index is 11.9. The van der Waals surface area contributed by atoms with Gasteiger partial charge in [0.2, 0.25) is 0 Å². The molecule has 2 N–H and O–H groups in total. The van der Waals surface area contributed by atoms with Gasteiger partial charge >= 0.3 is 0 Å². The van der Waals surface area contributed by atoms with Crippen LogP contribution in [-0.2, 0) is 6.54 Å². The highest BCUT2D eigenvalue weighted by Crippen LogP contribution is 2.11. The molecule has 1 aromatic carbocycles. The van der Waals surface area contributed by atoms with Crippen molar-refractivity contribution in [1.82, 2.24) is 4.57 Å². The van der Waals surface area contributed by atoms with E-state index in [4.69, 9.17) is 17.3 Å². The van der Waals surface area contributed by atoms with Crippen LogP contribution in [0.25, 0.3) is 0 Å². The number of amides is 1. The number of carbonyl (C=O) groups excluding carboxylic acids is 1. The number of carbonyl (C=O) groups is 1. The first-order valence-electron chi connectivity index (χ1n) is 5.31. The van der Waals surface area contributed by atoms with Gasteiger partial charge in [0, 0.05) is 11.2 Å². The highest BCUT2D eigenvalue weighted by Gasteiger charge is 2.08. The molecule has 1 aromatic heterocycles. The summed E-state index contributed by atoms with van der Waals surface area (Å²) in [5.74, 6) is -0.722. The van der Waals surface area contributed by atoms with Gasteiger partial charge in [-0.1, -0.05) is 23.7 Å². The molecular formula is C13H11ClN2O2. The Kier molecular flexibility index (Phi) is 3.48. The van der Waals surface area contributed by atoms with E-state index in [1.807, 2.05) is 6.07 Å². The minimum Gasteiger partial charge on any atom is -0.365 e. The quantitative estimate of drug-likeness (QED) is 0.914. The van der Waals surface area contributed by atoms with E-state index in [-0.39, 0.29) is 5.56 Å². The molecule has 2 aromatic rings. The molecule has 2 rings (SSSR count). The summed E-state index contributed by atoms with van der Waals surface area (Å²) in [6.07, 6.45) is 1.61. The average Bonchev–Trinajstić information content (AvgIpc) is 2.31. The smallest absolute Gasteiger partial charge is 0.263 e. The molecule has 0 unspecified atom stereocenters. The molecule has 0 bridgehead atoms. The summed E-state index contributed by atoms with van der Waals surface area (Å²) >= 11 is 5.87. The van der Waals surface area contributed by atoms with Crippen molar-refractivity contribution in [2.24, 2.45) is 5.73 Å². The van der Waals surface area contributed by atoms with Gasteiger partial charge in [0.1, 0.15) is 5.56 Å². The normalized spacial score (nSPS) is 10.3. The van der Waals surface area contributed by atoms with Gasteiger partial charge in [-0.15, -0.1) is 0 Å². The third-order valence-electron chi connectivity index (χ3n) is 2.53. The number of aromatic nitrogens is 1. The molecule has 0 aliphatic rings. The molecular weight excluding hydrogens is 252 g/mol. The van der Waals surface area contributed by atoms with Crippen LogP contribution < -0.4 is 11.3 Å². The van der Waals surface area contributed by atoms with E-state index in [0.29, 0.717) is 11.6 Å². The number of nitrogens with two attached hydrogens (primary N) is 1. The number of rotatable bonds is 3. The van der Waals surface area contributed by atoms with Crippen LogP contribution in [0.15, 0.2) is 47.4 Å². The molecule has 0 saturated carbocycles. The Morgan fingerprint density at radius 2 is 2.06 bits per heavy atom. The number of nitrogens with zero attached hydrogens (tertiary/aromatic N) is 1. The van der Waals surface area contributed by atoms with E-state index in [1.165, 1.54) is 10.6 Å². The third-order valence-corrected chi connectivity index (χ3v) is 2.76. The van der Waals surface area contributed by atoms with Crippen molar-refractivity contribution in [2.75, 3.05) is 0 Å². The standard InChI is InChI=1S/C13H11ClN2O2/c14-10-4-1-3-9(7-10)8-16-6-2-5-11(12(15)17)13(16)18/h1-7H,8H2,(H2,15,17). The Balaban J connectivity index is 2.38. The van der Waals surface area contributed by atoms with Crippen molar-refractivity contribution in [3.05, 3.63) is 69.1 Å². The lowest BCUT2D eigenvalue weighted by Crippen LogP contribution is -2.29. The maximum Gasteiger partial charge on any atom is 0.263 e. The Bertz CT molecular complexity index is 649. The molecule has 0 radical (unpaired) electrons. The molecule has 5 heteroatoms. The zero-order chi connectivity index (χ0) is 13.1. The predicted octanol–water partition coefficient (Wildman–Crippen LogP) is 1.65. The second-order valence-corrected chi connectivity index (χ2v) is 4.29. The molecule has 0 aliphatic heterocycles. The first-order valence-corrected chi connectivity index (χ1v) is 5.69. The number of primary amides is 1. The zero-order valence-corrected chi connectivity index (χ0v) is 10.2. The van der Waals surface area contributed by atoms with E-state index in [2.05, 4.69) is 0 Å². The number of pyridine rings is 1. The summed E-state index contributed by atoms with van der Waals surface area (Å²) < 4.78 is 1.42. The number of hydrogen-bond acceptors (Lipinski definition) is 2. The Hall–Kier alpha value is -2.07. The van der Waals surface area contributed by atoms with Crippen LogP contribution in [0.1, 0.15) is 15.9 Å². The second-order valence-electron chi connectivity index (χ2n) is 3.85. The zero-order valence-electron chi connectivity index (χ0n) is 9.47. The number of benzene rings is 1. The molecule has 0 saturated heterocycles. The fraction of sp³-hybridized carbons (Fsp3) is 0.0769. The Morgan fingerprint density at radius 1 is 1.28 bits per heavy atom. The minimum atomic E-state index is -0.722. The maximum atomic E-state index is 11.9. The molecule has 0 fully saturated rings. The van der Waals surface area contributed by atoms with Gasteiger partial charge in [-0.3, -0.25) is 9.59 Å². The molecule has 0 aliphatic carbocycles. The van der Waals surface area contributed by atoms with Crippen molar-refractivity contribution in [3.8, 4) is 0 Å². The predicted molar refractivity (Wildman–Crippen MR) is 69.8 cm³/mol. The minimum absolute atomic E-state index is 0.0143. The van der Waals surface area contributed by atoms with Gasteiger partial charge in [-0.25, -0.2) is 0 Å². The topological polar surface area (TPSA) is 65.1 Å². The second kappa shape index (κ2) is 5.06. The average molecular weight is 263 g/mol. The van der Waals surface area contributed by atoms with Crippen LogP contribution in [-0.4, -0.2) is 10.5 Å². The van der Waals surface area contributed by atoms with Gasteiger partial charge in [0.25, 0.3) is 11.5 Å². The summed E-state index contributed by atoms with van der Waals surface area (Å²) in [6.45, 7) is 0.348. The van der Waals surface area contributed by atoms with Crippen LogP contribution in [0, 0.1) is 0 Å². The summed E-state index contributed by atoms with van der Waals surface area (Å²) in [6, 6.07) is 10.2. The van der Waals surface area contributed by atoms with Crippen molar-refractivity contribution in [1.29, 1.82) is 0 Å². The van der Waals surface area contributed by atoms with Gasteiger partial charge in [0.15, 0.2) is 0 Å². The number of hydrogen-bond donors (Lipinski definition) is 1. The van der Waals surface area contributed by atoms with Gasteiger partial charge in [0.05, 0.1) is 6.54 Å². The Labute approximate surface area is 109 Å². The molecule has 4 nitrogen and oxygen atoms in total. The fourth-order valence-corrected chi connectivity index (χ4v) is 1.89. The van der Waals surface area contributed by atoms with E-state index in [9.17, 15) is 9.59 Å². The lowest BCUT2D eigenvalue weighted by atomic mass is 10.2. The largest absolute Gasteiger partial charge is 0.365 e. The van der Waals surface area contributed by atoms with E-state index in [1.54, 1.807) is 30.5 Å². The highest BCUT2D eigenvalue weighted by atomic mass is 35.5. The Morgan fingerprint density at radius 3 is 2.72 bits per heavy atom. The van der Waals surface area contributed by atoms with Crippen molar-refractivity contribution >= 4 is 17.5 Å². The molecule has 92 valence electrons. The molecule has 1 amide bonds. The van der Waals surface area contributed by atoms with Gasteiger partial charge < -0.3 is 10.3 Å². The monoisotopic (exact) mass is 262 g/mol. The van der Waals surface area contributed by atoms with E-state index < -0.39 is 11.5 Å². The lowest BCUT2D eigenvalue weighted by molar-refractivity contribution is 0.0998. The molecule has 0 atom stereocenters. The first-order chi connectivity index (χ1) is 8.58. The molecule has 1 heterocycles. The van der Waals surface area contributed by atoms with E-state index >= 15 is 0 Å².